The van der Waals surface area contributed by atoms with Crippen LogP contribution in [0, 0.1) is 11.7 Å². The Labute approximate surface area is 112 Å². The van der Waals surface area contributed by atoms with Gasteiger partial charge < -0.3 is 5.32 Å². The Kier molecular flexibility index (Phi) is 5.54. The Morgan fingerprint density at radius 2 is 2.11 bits per heavy atom. The van der Waals surface area contributed by atoms with E-state index in [4.69, 9.17) is 11.6 Å². The standard InChI is InChI=1S/C13H18ClFN2O/c1-8(2)4-5-9(3)17-13(18)11-6-10(15)7-16-12(11)14/h6-9H,4-5H2,1-3H3,(H,17,18). The number of pyridine rings is 1. The molecule has 0 bridgehead atoms. The van der Waals surface area contributed by atoms with Gasteiger partial charge in [0, 0.05) is 6.04 Å². The highest BCUT2D eigenvalue weighted by atomic mass is 35.5. The molecule has 1 unspecified atom stereocenters. The van der Waals surface area contributed by atoms with Gasteiger partial charge in [0.1, 0.15) is 11.0 Å². The van der Waals surface area contributed by atoms with Gasteiger partial charge in [0.25, 0.3) is 5.91 Å². The quantitative estimate of drug-likeness (QED) is 0.835. The van der Waals surface area contributed by atoms with Crippen LogP contribution in [-0.4, -0.2) is 16.9 Å². The van der Waals surface area contributed by atoms with E-state index < -0.39 is 5.82 Å². The van der Waals surface area contributed by atoms with Gasteiger partial charge in [0.05, 0.1) is 11.8 Å². The van der Waals surface area contributed by atoms with Gasteiger partial charge in [-0.15, -0.1) is 0 Å². The molecule has 1 amide bonds. The molecule has 1 heterocycles. The summed E-state index contributed by atoms with van der Waals surface area (Å²) in [7, 11) is 0. The highest BCUT2D eigenvalue weighted by Crippen LogP contribution is 2.14. The topological polar surface area (TPSA) is 42.0 Å². The molecule has 0 saturated carbocycles. The van der Waals surface area contributed by atoms with Crippen molar-refractivity contribution in [3.63, 3.8) is 0 Å². The average Bonchev–Trinajstić information content (AvgIpc) is 2.29. The summed E-state index contributed by atoms with van der Waals surface area (Å²) in [5.74, 6) is -0.369. The summed E-state index contributed by atoms with van der Waals surface area (Å²) in [4.78, 5) is 15.5. The number of hydrogen-bond donors (Lipinski definition) is 1. The lowest BCUT2D eigenvalue weighted by Crippen LogP contribution is -2.33. The minimum Gasteiger partial charge on any atom is -0.349 e. The zero-order valence-corrected chi connectivity index (χ0v) is 11.6. The van der Waals surface area contributed by atoms with Crippen molar-refractivity contribution in [2.45, 2.75) is 39.7 Å². The van der Waals surface area contributed by atoms with Crippen molar-refractivity contribution in [2.75, 3.05) is 0 Å². The Bertz CT molecular complexity index is 423. The minimum atomic E-state index is -0.570. The van der Waals surface area contributed by atoms with E-state index >= 15 is 0 Å². The molecule has 100 valence electrons. The first-order valence-corrected chi connectivity index (χ1v) is 6.40. The SMILES string of the molecule is CC(C)CCC(C)NC(=O)c1cc(F)cnc1Cl. The molecule has 0 aliphatic rings. The van der Waals surface area contributed by atoms with Gasteiger partial charge in [-0.1, -0.05) is 25.4 Å². The highest BCUT2D eigenvalue weighted by Gasteiger charge is 2.15. The zero-order chi connectivity index (χ0) is 13.7. The van der Waals surface area contributed by atoms with Gasteiger partial charge in [0.2, 0.25) is 0 Å². The lowest BCUT2D eigenvalue weighted by molar-refractivity contribution is 0.0936. The Morgan fingerprint density at radius 1 is 1.44 bits per heavy atom. The van der Waals surface area contributed by atoms with Crippen molar-refractivity contribution in [2.24, 2.45) is 5.92 Å². The predicted octanol–water partition coefficient (Wildman–Crippen LogP) is 3.43. The fourth-order valence-corrected chi connectivity index (χ4v) is 1.73. The van der Waals surface area contributed by atoms with Crippen LogP contribution in [0.2, 0.25) is 5.15 Å². The number of rotatable bonds is 5. The van der Waals surface area contributed by atoms with Crippen molar-refractivity contribution in [1.29, 1.82) is 0 Å². The van der Waals surface area contributed by atoms with Gasteiger partial charge >= 0.3 is 0 Å². The Balaban J connectivity index is 2.62. The first-order chi connectivity index (χ1) is 8.40. The number of carbonyl (C=O) groups excluding carboxylic acids is 1. The van der Waals surface area contributed by atoms with E-state index in [1.165, 1.54) is 0 Å². The van der Waals surface area contributed by atoms with Crippen LogP contribution < -0.4 is 5.32 Å². The fourth-order valence-electron chi connectivity index (χ4n) is 1.54. The number of nitrogens with zero attached hydrogens (tertiary/aromatic N) is 1. The van der Waals surface area contributed by atoms with Crippen LogP contribution in [0.25, 0.3) is 0 Å². The van der Waals surface area contributed by atoms with Crippen molar-refractivity contribution in [3.05, 3.63) is 28.8 Å². The maximum absolute atomic E-state index is 13.0. The van der Waals surface area contributed by atoms with E-state index in [0.29, 0.717) is 5.92 Å². The number of halogens is 2. The van der Waals surface area contributed by atoms with Crippen LogP contribution in [0.1, 0.15) is 44.0 Å². The number of hydrogen-bond acceptors (Lipinski definition) is 2. The summed E-state index contributed by atoms with van der Waals surface area (Å²) in [5, 5.41) is 2.81. The van der Waals surface area contributed by atoms with E-state index in [-0.39, 0.29) is 22.7 Å². The van der Waals surface area contributed by atoms with E-state index in [9.17, 15) is 9.18 Å². The van der Waals surface area contributed by atoms with Crippen molar-refractivity contribution < 1.29 is 9.18 Å². The molecule has 0 aliphatic heterocycles. The molecule has 0 aliphatic carbocycles. The molecule has 3 nitrogen and oxygen atoms in total. The fraction of sp³-hybridized carbons (Fsp3) is 0.538. The first-order valence-electron chi connectivity index (χ1n) is 6.02. The third-order valence-corrected chi connectivity index (χ3v) is 2.91. The van der Waals surface area contributed by atoms with Crippen molar-refractivity contribution >= 4 is 17.5 Å². The second-order valence-electron chi connectivity index (χ2n) is 4.84. The maximum Gasteiger partial charge on any atom is 0.254 e. The van der Waals surface area contributed by atoms with Crippen LogP contribution in [-0.2, 0) is 0 Å². The molecular weight excluding hydrogens is 255 g/mol. The molecule has 0 aromatic carbocycles. The zero-order valence-electron chi connectivity index (χ0n) is 10.8. The summed E-state index contributed by atoms with van der Waals surface area (Å²) >= 11 is 5.76. The second-order valence-corrected chi connectivity index (χ2v) is 5.20. The second kappa shape index (κ2) is 6.69. The molecule has 18 heavy (non-hydrogen) atoms. The third kappa shape index (κ3) is 4.61. The molecular formula is C13H18ClFN2O. The Hall–Kier alpha value is -1.16. The molecule has 1 N–H and O–H groups in total. The van der Waals surface area contributed by atoms with Crippen LogP contribution in [0.5, 0.6) is 0 Å². The van der Waals surface area contributed by atoms with Gasteiger partial charge in [-0.3, -0.25) is 4.79 Å². The lowest BCUT2D eigenvalue weighted by atomic mass is 10.0. The van der Waals surface area contributed by atoms with Crippen LogP contribution in [0.3, 0.4) is 0 Å². The summed E-state index contributed by atoms with van der Waals surface area (Å²) in [5.41, 5.74) is 0.0769. The van der Waals surface area contributed by atoms with Gasteiger partial charge in [-0.25, -0.2) is 9.37 Å². The van der Waals surface area contributed by atoms with E-state index in [1.54, 1.807) is 0 Å². The molecule has 1 atom stereocenters. The maximum atomic E-state index is 13.0. The summed E-state index contributed by atoms with van der Waals surface area (Å²) < 4.78 is 13.0. The highest BCUT2D eigenvalue weighted by molar-refractivity contribution is 6.32. The Morgan fingerprint density at radius 3 is 2.72 bits per heavy atom. The van der Waals surface area contributed by atoms with Crippen molar-refractivity contribution in [3.8, 4) is 0 Å². The predicted molar refractivity (Wildman–Crippen MR) is 70.2 cm³/mol. The molecule has 0 spiro atoms. The average molecular weight is 273 g/mol. The molecule has 1 aromatic rings. The smallest absolute Gasteiger partial charge is 0.254 e. The first kappa shape index (κ1) is 14.9. The van der Waals surface area contributed by atoms with E-state index in [1.807, 2.05) is 6.92 Å². The van der Waals surface area contributed by atoms with Crippen molar-refractivity contribution in [1.82, 2.24) is 10.3 Å². The number of amides is 1. The minimum absolute atomic E-state index is 0.0185. The van der Waals surface area contributed by atoms with Gasteiger partial charge in [0.15, 0.2) is 0 Å². The number of carbonyl (C=O) groups is 1. The van der Waals surface area contributed by atoms with E-state index in [2.05, 4.69) is 24.1 Å². The molecule has 1 rings (SSSR count). The van der Waals surface area contributed by atoms with E-state index in [0.717, 1.165) is 25.1 Å². The molecule has 0 radical (unpaired) electrons. The van der Waals surface area contributed by atoms with Gasteiger partial charge in [-0.2, -0.15) is 0 Å². The monoisotopic (exact) mass is 272 g/mol. The largest absolute Gasteiger partial charge is 0.349 e. The lowest BCUT2D eigenvalue weighted by Gasteiger charge is -2.15. The number of nitrogens with one attached hydrogen (secondary N) is 1. The molecule has 0 fully saturated rings. The summed E-state index contributed by atoms with van der Waals surface area (Å²) in [6.45, 7) is 6.17. The summed E-state index contributed by atoms with van der Waals surface area (Å²) in [6.07, 6.45) is 2.89. The van der Waals surface area contributed by atoms with Crippen LogP contribution in [0.4, 0.5) is 4.39 Å². The number of aromatic nitrogens is 1. The summed E-state index contributed by atoms with van der Waals surface area (Å²) in [6, 6.07) is 1.12. The normalized spacial score (nSPS) is 12.6. The molecule has 5 heteroatoms. The third-order valence-electron chi connectivity index (χ3n) is 2.60. The van der Waals surface area contributed by atoms with Crippen LogP contribution in [0.15, 0.2) is 12.3 Å². The molecule has 1 aromatic heterocycles. The van der Waals surface area contributed by atoms with Crippen LogP contribution >= 0.6 is 11.6 Å². The molecule has 0 saturated heterocycles. The van der Waals surface area contributed by atoms with Gasteiger partial charge in [-0.05, 0) is 31.7 Å².